The van der Waals surface area contributed by atoms with Gasteiger partial charge in [0.05, 0.1) is 21.6 Å². The Morgan fingerprint density at radius 2 is 1.34 bits per heavy atom. The van der Waals surface area contributed by atoms with Gasteiger partial charge in [-0.05, 0) is 82.6 Å². The quantitative estimate of drug-likeness (QED) is 0.183. The van der Waals surface area contributed by atoms with E-state index in [1.54, 1.807) is 0 Å². The summed E-state index contributed by atoms with van der Waals surface area (Å²) in [6, 6.07) is 57.5. The van der Waals surface area contributed by atoms with Gasteiger partial charge < -0.3 is 9.88 Å². The Morgan fingerprint density at radius 1 is 0.621 bits per heavy atom. The van der Waals surface area contributed by atoms with E-state index in [0.717, 1.165) is 23.4 Å². The number of aromatic nitrogens is 1. The Kier molecular flexibility index (Phi) is 7.80. The van der Waals surface area contributed by atoms with Crippen LogP contribution >= 0.6 is 22.7 Å². The maximum atomic E-state index is 5.31. The van der Waals surface area contributed by atoms with E-state index in [4.69, 9.17) is 4.99 Å². The van der Waals surface area contributed by atoms with E-state index in [9.17, 15) is 0 Å². The third-order valence-electron chi connectivity index (χ3n) is 12.1. The lowest BCUT2D eigenvalue weighted by atomic mass is 9.91. The number of amidine groups is 1. The Balaban J connectivity index is 0.996. The van der Waals surface area contributed by atoms with Gasteiger partial charge in [0.1, 0.15) is 18.2 Å². The van der Waals surface area contributed by atoms with E-state index in [2.05, 4.69) is 192 Å². The molecule has 58 heavy (non-hydrogen) atoms. The molecule has 0 radical (unpaired) electrons. The first-order valence-corrected chi connectivity index (χ1v) is 21.7. The molecule has 10 aromatic rings. The summed E-state index contributed by atoms with van der Waals surface area (Å²) in [5, 5.41) is 14.0. The Morgan fingerprint density at radius 3 is 2.22 bits per heavy atom. The van der Waals surface area contributed by atoms with Crippen molar-refractivity contribution in [3.63, 3.8) is 0 Å². The lowest BCUT2D eigenvalue weighted by molar-refractivity contribution is 0.409. The highest BCUT2D eigenvalue weighted by Gasteiger charge is 2.28. The normalized spacial score (nSPS) is 17.9. The fourth-order valence-corrected chi connectivity index (χ4v) is 11.9. The van der Waals surface area contributed by atoms with Gasteiger partial charge in [0, 0.05) is 46.6 Å². The molecule has 1 aliphatic heterocycles. The first-order chi connectivity index (χ1) is 28.7. The van der Waals surface area contributed by atoms with Gasteiger partial charge in [-0.3, -0.25) is 5.32 Å². The molecule has 4 nitrogen and oxygen atoms in total. The van der Waals surface area contributed by atoms with Crippen LogP contribution in [0.25, 0.3) is 74.1 Å². The van der Waals surface area contributed by atoms with Crippen molar-refractivity contribution in [3.05, 3.63) is 192 Å². The molecule has 2 N–H and O–H groups in total. The molecule has 7 aromatic carbocycles. The second kappa shape index (κ2) is 13.4. The van der Waals surface area contributed by atoms with Crippen LogP contribution in [0.15, 0.2) is 169 Å². The van der Waals surface area contributed by atoms with Crippen LogP contribution in [0.5, 0.6) is 0 Å². The molecule has 3 unspecified atom stereocenters. The molecule has 0 amide bonds. The molecule has 0 fully saturated rings. The number of nitrogens with one attached hydrogen (secondary N) is 2. The van der Waals surface area contributed by atoms with Crippen LogP contribution in [0.2, 0.25) is 0 Å². The van der Waals surface area contributed by atoms with Gasteiger partial charge in [0.15, 0.2) is 0 Å². The molecule has 1 aliphatic carbocycles. The van der Waals surface area contributed by atoms with Crippen LogP contribution in [-0.2, 0) is 0 Å². The molecule has 4 heterocycles. The zero-order valence-corrected chi connectivity index (χ0v) is 33.4. The Bertz CT molecular complexity index is 3300. The minimum Gasteiger partial charge on any atom is -0.350 e. The van der Waals surface area contributed by atoms with Crippen LogP contribution in [0.3, 0.4) is 0 Å². The third-order valence-corrected chi connectivity index (χ3v) is 14.5. The highest BCUT2D eigenvalue weighted by molar-refractivity contribution is 7.26. The number of benzene rings is 7. The summed E-state index contributed by atoms with van der Waals surface area (Å²) in [7, 11) is 0. The van der Waals surface area contributed by atoms with Crippen LogP contribution in [0.4, 0.5) is 0 Å². The topological polar surface area (TPSA) is 41.4 Å². The number of rotatable bonds is 5. The maximum absolute atomic E-state index is 5.31. The van der Waals surface area contributed by atoms with Crippen molar-refractivity contribution in [1.82, 2.24) is 15.2 Å². The van der Waals surface area contributed by atoms with Crippen molar-refractivity contribution in [2.75, 3.05) is 0 Å². The lowest BCUT2D eigenvalue weighted by Crippen LogP contribution is -2.44. The average molecular weight is 783 g/mol. The molecule has 12 rings (SSSR count). The van der Waals surface area contributed by atoms with Gasteiger partial charge in [-0.25, -0.2) is 4.99 Å². The summed E-state index contributed by atoms with van der Waals surface area (Å²) in [4.78, 5) is 5.31. The third kappa shape index (κ3) is 5.26. The van der Waals surface area contributed by atoms with E-state index >= 15 is 0 Å². The summed E-state index contributed by atoms with van der Waals surface area (Å²) in [5.41, 5.74) is 11.3. The molecule has 278 valence electrons. The molecule has 0 saturated heterocycles. The largest absolute Gasteiger partial charge is 0.350 e. The molecule has 2 aliphatic rings. The van der Waals surface area contributed by atoms with Crippen LogP contribution in [0.1, 0.15) is 59.5 Å². The number of aliphatic imine (C=N–C) groups is 1. The Hall–Kier alpha value is -6.31. The van der Waals surface area contributed by atoms with Gasteiger partial charge in [-0.1, -0.05) is 134 Å². The number of thiophene rings is 2. The maximum Gasteiger partial charge on any atom is 0.133 e. The van der Waals surface area contributed by atoms with Crippen molar-refractivity contribution in [3.8, 4) is 16.8 Å². The summed E-state index contributed by atoms with van der Waals surface area (Å²) < 4.78 is 7.67. The van der Waals surface area contributed by atoms with Crippen molar-refractivity contribution in [1.29, 1.82) is 0 Å². The van der Waals surface area contributed by atoms with Gasteiger partial charge in [-0.15, -0.1) is 22.7 Å². The number of allylic oxidation sites excluding steroid dienone is 1. The fourth-order valence-electron chi connectivity index (χ4n) is 9.45. The molecular formula is C52H38N4S2. The predicted molar refractivity (Wildman–Crippen MR) is 248 cm³/mol. The molecule has 3 aromatic heterocycles. The van der Waals surface area contributed by atoms with Gasteiger partial charge in [0.2, 0.25) is 0 Å². The molecule has 3 atom stereocenters. The van der Waals surface area contributed by atoms with Crippen LogP contribution in [0, 0.1) is 0 Å². The molecule has 0 saturated carbocycles. The van der Waals surface area contributed by atoms with E-state index in [0.29, 0.717) is 5.92 Å². The van der Waals surface area contributed by atoms with E-state index in [-0.39, 0.29) is 12.3 Å². The summed E-state index contributed by atoms with van der Waals surface area (Å²) >= 11 is 3.76. The van der Waals surface area contributed by atoms with Crippen LogP contribution < -0.4 is 10.6 Å². The van der Waals surface area contributed by atoms with E-state index in [1.165, 1.54) is 84.9 Å². The monoisotopic (exact) mass is 782 g/mol. The standard InChI is InChI=1S/C52H38N4S2/c1-31-14-10-25-42-46(31)37-19-8-9-24-41(37)56(42)43-26-12-22-38-47-35(20-13-27-45(47)58-49(38)43)34-28-29-44-40(30-34)36-21-11-23-39(48(36)57-44)52-54-50(32-15-4-2-5-16-32)53-51(55-52)33-17-6-3-7-18-33/h2-13,15-31,50-51,53H,14H2,1H3,(H,54,55). The summed E-state index contributed by atoms with van der Waals surface area (Å²) in [5.74, 6) is 1.39. The zero-order chi connectivity index (χ0) is 38.3. The SMILES string of the molecule is CC1CC=Cc2c1c1ccccc1n2-c1cccc2c1sc1cccc(-c3ccc4sc5c(C6=NC(c7ccccc7)NC(c7ccccc7)N6)cccc5c4c3)c12. The van der Waals surface area contributed by atoms with Crippen molar-refractivity contribution in [2.24, 2.45) is 4.99 Å². The number of hydrogen-bond acceptors (Lipinski definition) is 5. The second-order valence-corrected chi connectivity index (χ2v) is 17.7. The number of para-hydroxylation sites is 1. The minimum absolute atomic E-state index is 0.0849. The van der Waals surface area contributed by atoms with Crippen molar-refractivity contribution >= 4 is 85.8 Å². The number of fused-ring (bicyclic) bond motifs is 9. The summed E-state index contributed by atoms with van der Waals surface area (Å²) in [6.45, 7) is 2.36. The number of nitrogens with zero attached hydrogens (tertiary/aromatic N) is 2. The van der Waals surface area contributed by atoms with E-state index < -0.39 is 0 Å². The second-order valence-electron chi connectivity index (χ2n) is 15.6. The Labute approximate surface area is 344 Å². The molecule has 0 bridgehead atoms. The van der Waals surface area contributed by atoms with Crippen LogP contribution in [-0.4, -0.2) is 10.4 Å². The number of hydrogen-bond donors (Lipinski definition) is 2. The van der Waals surface area contributed by atoms with Gasteiger partial charge in [0.25, 0.3) is 0 Å². The first-order valence-electron chi connectivity index (χ1n) is 20.1. The predicted octanol–water partition coefficient (Wildman–Crippen LogP) is 13.9. The smallest absolute Gasteiger partial charge is 0.133 e. The van der Waals surface area contributed by atoms with Gasteiger partial charge >= 0.3 is 0 Å². The molecule has 0 spiro atoms. The zero-order valence-electron chi connectivity index (χ0n) is 31.8. The summed E-state index contributed by atoms with van der Waals surface area (Å²) in [6.07, 6.45) is 5.50. The molecular weight excluding hydrogens is 745 g/mol. The average Bonchev–Trinajstić information content (AvgIpc) is 3.97. The molecule has 6 heteroatoms. The van der Waals surface area contributed by atoms with Crippen molar-refractivity contribution in [2.45, 2.75) is 31.6 Å². The highest BCUT2D eigenvalue weighted by Crippen LogP contribution is 2.47. The minimum atomic E-state index is -0.179. The first kappa shape index (κ1) is 33.8. The highest BCUT2D eigenvalue weighted by atomic mass is 32.1. The van der Waals surface area contributed by atoms with E-state index in [1.807, 2.05) is 22.7 Å². The van der Waals surface area contributed by atoms with Crippen molar-refractivity contribution < 1.29 is 0 Å². The fraction of sp³-hybridized carbons (Fsp3) is 0.0962. The van der Waals surface area contributed by atoms with Gasteiger partial charge in [-0.2, -0.15) is 0 Å². The lowest BCUT2D eigenvalue weighted by Gasteiger charge is -2.32.